The number of hydrogen-bond donors (Lipinski definition) is 2. The second kappa shape index (κ2) is 5.25. The SMILES string of the molecule is Nc1ccncc1C1(O)CCC(c2ccccc2)CC1. The highest BCUT2D eigenvalue weighted by molar-refractivity contribution is 5.48. The van der Waals surface area contributed by atoms with Gasteiger partial charge in [-0.1, -0.05) is 30.3 Å². The molecule has 104 valence electrons. The van der Waals surface area contributed by atoms with Gasteiger partial charge in [-0.3, -0.25) is 4.98 Å². The zero-order valence-corrected chi connectivity index (χ0v) is 11.5. The van der Waals surface area contributed by atoms with Gasteiger partial charge in [0.2, 0.25) is 0 Å². The Balaban J connectivity index is 1.77. The Morgan fingerprint density at radius 2 is 1.80 bits per heavy atom. The predicted molar refractivity (Wildman–Crippen MR) is 80.2 cm³/mol. The van der Waals surface area contributed by atoms with Gasteiger partial charge >= 0.3 is 0 Å². The molecule has 0 spiro atoms. The molecule has 1 aromatic heterocycles. The first-order chi connectivity index (χ1) is 9.69. The molecule has 0 unspecified atom stereocenters. The number of nitrogens with two attached hydrogens (primary N) is 1. The fraction of sp³-hybridized carbons (Fsp3) is 0.353. The lowest BCUT2D eigenvalue weighted by molar-refractivity contribution is -0.00525. The fourth-order valence-corrected chi connectivity index (χ4v) is 3.22. The van der Waals surface area contributed by atoms with Crippen LogP contribution in [0, 0.1) is 0 Å². The average molecular weight is 268 g/mol. The van der Waals surface area contributed by atoms with E-state index >= 15 is 0 Å². The maximum absolute atomic E-state index is 10.9. The number of hydrogen-bond acceptors (Lipinski definition) is 3. The van der Waals surface area contributed by atoms with E-state index in [1.165, 1.54) is 5.56 Å². The Morgan fingerprint density at radius 3 is 2.45 bits per heavy atom. The molecule has 0 bridgehead atoms. The van der Waals surface area contributed by atoms with Gasteiger partial charge in [-0.15, -0.1) is 0 Å². The summed E-state index contributed by atoms with van der Waals surface area (Å²) >= 11 is 0. The number of anilines is 1. The van der Waals surface area contributed by atoms with Crippen molar-refractivity contribution in [3.63, 3.8) is 0 Å². The summed E-state index contributed by atoms with van der Waals surface area (Å²) in [5.74, 6) is 0.536. The zero-order valence-electron chi connectivity index (χ0n) is 11.5. The monoisotopic (exact) mass is 268 g/mol. The summed E-state index contributed by atoms with van der Waals surface area (Å²) < 4.78 is 0. The number of pyridine rings is 1. The van der Waals surface area contributed by atoms with E-state index in [-0.39, 0.29) is 0 Å². The lowest BCUT2D eigenvalue weighted by Gasteiger charge is -2.37. The first-order valence-corrected chi connectivity index (χ1v) is 7.16. The maximum Gasteiger partial charge on any atom is 0.0931 e. The van der Waals surface area contributed by atoms with Crippen molar-refractivity contribution in [1.82, 2.24) is 4.98 Å². The van der Waals surface area contributed by atoms with E-state index in [9.17, 15) is 5.11 Å². The summed E-state index contributed by atoms with van der Waals surface area (Å²) in [6, 6.07) is 12.3. The number of benzene rings is 1. The number of aliphatic hydroxyl groups is 1. The van der Waals surface area contributed by atoms with Crippen molar-refractivity contribution in [3.05, 3.63) is 59.9 Å². The largest absolute Gasteiger partial charge is 0.398 e. The minimum Gasteiger partial charge on any atom is -0.398 e. The Bertz CT molecular complexity index is 575. The molecule has 1 heterocycles. The second-order valence-electron chi connectivity index (χ2n) is 5.68. The van der Waals surface area contributed by atoms with Crippen LogP contribution in [0.3, 0.4) is 0 Å². The van der Waals surface area contributed by atoms with Crippen molar-refractivity contribution in [1.29, 1.82) is 0 Å². The molecule has 3 nitrogen and oxygen atoms in total. The maximum atomic E-state index is 10.9. The first-order valence-electron chi connectivity index (χ1n) is 7.16. The third kappa shape index (κ3) is 2.41. The van der Waals surface area contributed by atoms with Crippen LogP contribution < -0.4 is 5.73 Å². The van der Waals surface area contributed by atoms with Crippen LogP contribution in [0.5, 0.6) is 0 Å². The molecule has 0 radical (unpaired) electrons. The molecule has 0 saturated heterocycles. The Kier molecular flexibility index (Phi) is 3.45. The summed E-state index contributed by atoms with van der Waals surface area (Å²) in [7, 11) is 0. The molecular weight excluding hydrogens is 248 g/mol. The molecule has 0 amide bonds. The molecule has 3 N–H and O–H groups in total. The molecule has 0 atom stereocenters. The summed E-state index contributed by atoms with van der Waals surface area (Å²) in [4.78, 5) is 4.10. The van der Waals surface area contributed by atoms with Gasteiger partial charge < -0.3 is 10.8 Å². The van der Waals surface area contributed by atoms with E-state index in [2.05, 4.69) is 29.2 Å². The molecule has 0 aliphatic heterocycles. The second-order valence-corrected chi connectivity index (χ2v) is 5.68. The van der Waals surface area contributed by atoms with Crippen LogP contribution in [0.4, 0.5) is 5.69 Å². The van der Waals surface area contributed by atoms with Gasteiger partial charge in [-0.25, -0.2) is 0 Å². The lowest BCUT2D eigenvalue weighted by atomic mass is 9.73. The van der Waals surface area contributed by atoms with Crippen LogP contribution in [0.15, 0.2) is 48.8 Å². The van der Waals surface area contributed by atoms with E-state index in [1.807, 2.05) is 6.07 Å². The third-order valence-corrected chi connectivity index (χ3v) is 4.44. The van der Waals surface area contributed by atoms with Gasteiger partial charge in [0, 0.05) is 23.6 Å². The average Bonchev–Trinajstić information content (AvgIpc) is 2.49. The fourth-order valence-electron chi connectivity index (χ4n) is 3.22. The normalized spacial score (nSPS) is 26.4. The van der Waals surface area contributed by atoms with Crippen LogP contribution in [-0.2, 0) is 5.60 Å². The Morgan fingerprint density at radius 1 is 1.10 bits per heavy atom. The summed E-state index contributed by atoms with van der Waals surface area (Å²) in [5, 5.41) is 10.9. The van der Waals surface area contributed by atoms with Gasteiger partial charge in [-0.05, 0) is 43.2 Å². The molecule has 3 rings (SSSR count). The van der Waals surface area contributed by atoms with Gasteiger partial charge in [-0.2, -0.15) is 0 Å². The van der Waals surface area contributed by atoms with E-state index in [0.29, 0.717) is 11.6 Å². The standard InChI is InChI=1S/C17H20N2O/c18-16-8-11-19-12-15(16)17(20)9-6-14(7-10-17)13-4-2-1-3-5-13/h1-5,8,11-12,14,20H,6-7,9-10H2,(H2,18,19). The van der Waals surface area contributed by atoms with Crippen LogP contribution in [0.1, 0.15) is 42.7 Å². The van der Waals surface area contributed by atoms with Crippen molar-refractivity contribution in [3.8, 4) is 0 Å². The highest BCUT2D eigenvalue weighted by Gasteiger charge is 2.36. The quantitative estimate of drug-likeness (QED) is 0.879. The Labute approximate surface area is 119 Å². The highest BCUT2D eigenvalue weighted by Crippen LogP contribution is 2.44. The lowest BCUT2D eigenvalue weighted by Crippen LogP contribution is -2.31. The zero-order chi connectivity index (χ0) is 14.0. The summed E-state index contributed by atoms with van der Waals surface area (Å²) in [6.45, 7) is 0. The van der Waals surface area contributed by atoms with E-state index in [1.54, 1.807) is 18.5 Å². The van der Waals surface area contributed by atoms with Crippen LogP contribution in [-0.4, -0.2) is 10.1 Å². The van der Waals surface area contributed by atoms with E-state index in [4.69, 9.17) is 5.73 Å². The minimum atomic E-state index is -0.816. The number of nitrogens with zero attached hydrogens (tertiary/aromatic N) is 1. The summed E-state index contributed by atoms with van der Waals surface area (Å²) in [6.07, 6.45) is 6.81. The molecule has 1 aliphatic rings. The third-order valence-electron chi connectivity index (χ3n) is 4.44. The van der Waals surface area contributed by atoms with Crippen molar-refractivity contribution < 1.29 is 5.11 Å². The molecule has 1 saturated carbocycles. The van der Waals surface area contributed by atoms with Crippen LogP contribution in [0.2, 0.25) is 0 Å². The van der Waals surface area contributed by atoms with Crippen molar-refractivity contribution in [2.24, 2.45) is 0 Å². The molecular formula is C17H20N2O. The van der Waals surface area contributed by atoms with Gasteiger partial charge in [0.15, 0.2) is 0 Å². The molecule has 1 aromatic carbocycles. The molecule has 1 aliphatic carbocycles. The predicted octanol–water partition coefficient (Wildman–Crippen LogP) is 3.21. The molecule has 3 heteroatoms. The number of rotatable bonds is 2. The van der Waals surface area contributed by atoms with Crippen molar-refractivity contribution >= 4 is 5.69 Å². The minimum absolute atomic E-state index is 0.536. The van der Waals surface area contributed by atoms with Crippen LogP contribution in [0.25, 0.3) is 0 Å². The van der Waals surface area contributed by atoms with E-state index in [0.717, 1.165) is 31.2 Å². The highest BCUT2D eigenvalue weighted by atomic mass is 16.3. The van der Waals surface area contributed by atoms with E-state index < -0.39 is 5.60 Å². The van der Waals surface area contributed by atoms with Gasteiger partial charge in [0.1, 0.15) is 0 Å². The smallest absolute Gasteiger partial charge is 0.0931 e. The molecule has 2 aromatic rings. The van der Waals surface area contributed by atoms with Gasteiger partial charge in [0.05, 0.1) is 5.60 Å². The topological polar surface area (TPSA) is 59.1 Å². The van der Waals surface area contributed by atoms with Crippen LogP contribution >= 0.6 is 0 Å². The number of nitrogen functional groups attached to an aromatic ring is 1. The van der Waals surface area contributed by atoms with Crippen molar-refractivity contribution in [2.45, 2.75) is 37.2 Å². The molecule has 1 fully saturated rings. The van der Waals surface area contributed by atoms with Gasteiger partial charge in [0.25, 0.3) is 0 Å². The first kappa shape index (κ1) is 13.1. The number of aromatic nitrogens is 1. The Hall–Kier alpha value is -1.87. The summed E-state index contributed by atoms with van der Waals surface area (Å²) in [5.41, 5.74) is 7.96. The van der Waals surface area contributed by atoms with Crippen molar-refractivity contribution in [2.75, 3.05) is 5.73 Å². The molecule has 20 heavy (non-hydrogen) atoms.